The molecule has 3 rings (SSSR count). The molecule has 1 saturated heterocycles. The Bertz CT molecular complexity index is 700. The fourth-order valence-corrected chi connectivity index (χ4v) is 2.97. The van der Waals surface area contributed by atoms with Gasteiger partial charge in [-0.15, -0.1) is 24.8 Å². The van der Waals surface area contributed by atoms with Crippen molar-refractivity contribution in [2.45, 2.75) is 13.1 Å². The molecule has 1 aromatic carbocycles. The van der Waals surface area contributed by atoms with E-state index in [1.54, 1.807) is 13.2 Å². The first kappa shape index (κ1) is 22.3. The molecule has 0 spiro atoms. The van der Waals surface area contributed by atoms with Crippen LogP contribution >= 0.6 is 24.8 Å². The molecule has 2 N–H and O–H groups in total. The Morgan fingerprint density at radius 2 is 1.88 bits per heavy atom. The summed E-state index contributed by atoms with van der Waals surface area (Å²) in [5.74, 6) is 1.55. The average molecular weight is 402 g/mol. The van der Waals surface area contributed by atoms with Gasteiger partial charge in [0.2, 0.25) is 0 Å². The van der Waals surface area contributed by atoms with Gasteiger partial charge in [0, 0.05) is 38.3 Å². The van der Waals surface area contributed by atoms with Crippen molar-refractivity contribution < 1.29 is 13.9 Å². The number of amides is 1. The van der Waals surface area contributed by atoms with Crippen molar-refractivity contribution in [1.82, 2.24) is 9.80 Å². The molecule has 2 aromatic rings. The minimum atomic E-state index is 0. The number of carbonyl (C=O) groups is 1. The SMILES string of the molecule is COc1ccccc1CN1CCN(C(=O)c2coc(CN)c2)CC1.Cl.Cl. The molecule has 1 aliphatic heterocycles. The lowest BCUT2D eigenvalue weighted by Crippen LogP contribution is -2.48. The molecular weight excluding hydrogens is 377 g/mol. The molecule has 8 heteroatoms. The zero-order valence-electron chi connectivity index (χ0n) is 14.7. The summed E-state index contributed by atoms with van der Waals surface area (Å²) in [7, 11) is 1.69. The molecule has 1 aliphatic rings. The third-order valence-electron chi connectivity index (χ3n) is 4.35. The number of para-hydroxylation sites is 1. The average Bonchev–Trinajstić information content (AvgIpc) is 3.11. The van der Waals surface area contributed by atoms with E-state index in [0.29, 0.717) is 31.0 Å². The number of halogens is 2. The molecule has 1 fully saturated rings. The number of benzene rings is 1. The molecule has 6 nitrogen and oxygen atoms in total. The largest absolute Gasteiger partial charge is 0.496 e. The van der Waals surface area contributed by atoms with E-state index < -0.39 is 0 Å². The number of rotatable bonds is 5. The zero-order chi connectivity index (χ0) is 16.9. The summed E-state index contributed by atoms with van der Waals surface area (Å²) in [5, 5.41) is 0. The van der Waals surface area contributed by atoms with Gasteiger partial charge in [-0.3, -0.25) is 9.69 Å². The highest BCUT2D eigenvalue weighted by Gasteiger charge is 2.23. The second kappa shape index (κ2) is 10.4. The lowest BCUT2D eigenvalue weighted by atomic mass is 10.1. The summed E-state index contributed by atoms with van der Waals surface area (Å²) in [5.41, 5.74) is 7.27. The fourth-order valence-electron chi connectivity index (χ4n) is 2.97. The van der Waals surface area contributed by atoms with Crippen molar-refractivity contribution in [2.75, 3.05) is 33.3 Å². The monoisotopic (exact) mass is 401 g/mol. The summed E-state index contributed by atoms with van der Waals surface area (Å²) in [6.45, 7) is 4.22. The maximum atomic E-state index is 12.5. The molecule has 0 aliphatic carbocycles. The highest BCUT2D eigenvalue weighted by atomic mass is 35.5. The highest BCUT2D eigenvalue weighted by Crippen LogP contribution is 2.20. The normalized spacial score (nSPS) is 14.3. The van der Waals surface area contributed by atoms with Crippen molar-refractivity contribution in [1.29, 1.82) is 0 Å². The number of methoxy groups -OCH3 is 1. The summed E-state index contributed by atoms with van der Waals surface area (Å²) in [6.07, 6.45) is 1.49. The third-order valence-corrected chi connectivity index (χ3v) is 4.35. The van der Waals surface area contributed by atoms with E-state index in [0.717, 1.165) is 25.4 Å². The summed E-state index contributed by atoms with van der Waals surface area (Å²) < 4.78 is 10.7. The predicted octanol–water partition coefficient (Wildman–Crippen LogP) is 2.55. The van der Waals surface area contributed by atoms with E-state index in [2.05, 4.69) is 11.0 Å². The molecule has 0 radical (unpaired) electrons. The number of hydrogen-bond acceptors (Lipinski definition) is 5. The van der Waals surface area contributed by atoms with Crippen LogP contribution in [0, 0.1) is 0 Å². The van der Waals surface area contributed by atoms with Crippen LogP contribution in [-0.4, -0.2) is 49.0 Å². The number of furan rings is 1. The lowest BCUT2D eigenvalue weighted by Gasteiger charge is -2.34. The minimum absolute atomic E-state index is 0. The van der Waals surface area contributed by atoms with E-state index in [9.17, 15) is 4.79 Å². The maximum Gasteiger partial charge on any atom is 0.257 e. The molecule has 144 valence electrons. The van der Waals surface area contributed by atoms with Gasteiger partial charge in [-0.1, -0.05) is 18.2 Å². The molecule has 0 atom stereocenters. The van der Waals surface area contributed by atoms with Gasteiger partial charge in [0.25, 0.3) is 5.91 Å². The highest BCUT2D eigenvalue weighted by molar-refractivity contribution is 5.94. The van der Waals surface area contributed by atoms with Gasteiger partial charge in [0.05, 0.1) is 19.2 Å². The summed E-state index contributed by atoms with van der Waals surface area (Å²) in [6, 6.07) is 9.77. The first-order chi connectivity index (χ1) is 11.7. The molecule has 1 aromatic heterocycles. The van der Waals surface area contributed by atoms with Crippen molar-refractivity contribution in [3.63, 3.8) is 0 Å². The molecular formula is C18H25Cl2N3O3. The number of hydrogen-bond donors (Lipinski definition) is 1. The van der Waals surface area contributed by atoms with Crippen LogP contribution in [0.2, 0.25) is 0 Å². The van der Waals surface area contributed by atoms with E-state index in [4.69, 9.17) is 14.9 Å². The molecule has 2 heterocycles. The van der Waals surface area contributed by atoms with Crippen LogP contribution in [0.1, 0.15) is 21.7 Å². The van der Waals surface area contributed by atoms with Gasteiger partial charge >= 0.3 is 0 Å². The van der Waals surface area contributed by atoms with Crippen LogP contribution in [0.4, 0.5) is 0 Å². The Morgan fingerprint density at radius 1 is 1.19 bits per heavy atom. The first-order valence-electron chi connectivity index (χ1n) is 8.12. The van der Waals surface area contributed by atoms with Crippen LogP contribution in [0.25, 0.3) is 0 Å². The zero-order valence-corrected chi connectivity index (χ0v) is 16.4. The number of piperazine rings is 1. The second-order valence-electron chi connectivity index (χ2n) is 5.89. The van der Waals surface area contributed by atoms with Gasteiger partial charge in [0.1, 0.15) is 17.8 Å². The first-order valence-corrected chi connectivity index (χ1v) is 8.12. The Kier molecular flexibility index (Phi) is 8.95. The van der Waals surface area contributed by atoms with Crippen LogP contribution in [0.3, 0.4) is 0 Å². The molecule has 26 heavy (non-hydrogen) atoms. The van der Waals surface area contributed by atoms with Crippen molar-refractivity contribution in [3.05, 3.63) is 53.5 Å². The van der Waals surface area contributed by atoms with Crippen LogP contribution in [0.5, 0.6) is 5.75 Å². The van der Waals surface area contributed by atoms with Gasteiger partial charge < -0.3 is 19.8 Å². The third kappa shape index (κ3) is 5.14. The summed E-state index contributed by atoms with van der Waals surface area (Å²) >= 11 is 0. The van der Waals surface area contributed by atoms with E-state index >= 15 is 0 Å². The molecule has 1 amide bonds. The molecule has 0 unspecified atom stereocenters. The number of nitrogens with two attached hydrogens (primary N) is 1. The topological polar surface area (TPSA) is 71.9 Å². The molecule has 0 bridgehead atoms. The fraction of sp³-hybridized carbons (Fsp3) is 0.389. The number of ether oxygens (including phenoxy) is 1. The predicted molar refractivity (Wildman–Crippen MR) is 105 cm³/mol. The van der Waals surface area contributed by atoms with Crippen molar-refractivity contribution >= 4 is 30.7 Å². The van der Waals surface area contributed by atoms with E-state index in [-0.39, 0.29) is 30.7 Å². The number of carbonyl (C=O) groups excluding carboxylic acids is 1. The number of nitrogens with zero attached hydrogens (tertiary/aromatic N) is 2. The second-order valence-corrected chi connectivity index (χ2v) is 5.89. The van der Waals surface area contributed by atoms with Crippen molar-refractivity contribution in [2.24, 2.45) is 5.73 Å². The van der Waals surface area contributed by atoms with Crippen molar-refractivity contribution in [3.8, 4) is 5.75 Å². The van der Waals surface area contributed by atoms with Crippen LogP contribution < -0.4 is 10.5 Å². The van der Waals surface area contributed by atoms with E-state index in [1.807, 2.05) is 23.1 Å². The Hall–Kier alpha value is -1.73. The Labute approximate surface area is 166 Å². The quantitative estimate of drug-likeness (QED) is 0.833. The van der Waals surface area contributed by atoms with Gasteiger partial charge in [-0.2, -0.15) is 0 Å². The lowest BCUT2D eigenvalue weighted by molar-refractivity contribution is 0.0626. The van der Waals surface area contributed by atoms with Gasteiger partial charge in [0.15, 0.2) is 0 Å². The maximum absolute atomic E-state index is 12.5. The van der Waals surface area contributed by atoms with Crippen LogP contribution in [-0.2, 0) is 13.1 Å². The van der Waals surface area contributed by atoms with E-state index in [1.165, 1.54) is 11.8 Å². The van der Waals surface area contributed by atoms with Gasteiger partial charge in [-0.05, 0) is 12.1 Å². The summed E-state index contributed by atoms with van der Waals surface area (Å²) in [4.78, 5) is 16.7. The minimum Gasteiger partial charge on any atom is -0.496 e. The molecule has 0 saturated carbocycles. The Morgan fingerprint density at radius 3 is 2.50 bits per heavy atom. The standard InChI is InChI=1S/C18H23N3O3.2ClH/c1-23-17-5-3-2-4-14(17)12-20-6-8-21(9-7-20)18(22)15-10-16(11-19)24-13-15;;/h2-5,10,13H,6-9,11-12,19H2,1H3;2*1H. The van der Waals surface area contributed by atoms with Crippen LogP contribution in [0.15, 0.2) is 41.0 Å². The smallest absolute Gasteiger partial charge is 0.257 e. The Balaban J connectivity index is 0.00000169. The van der Waals surface area contributed by atoms with Gasteiger partial charge in [-0.25, -0.2) is 0 Å².